The Kier molecular flexibility index (Phi) is 10.9. The number of hydrogen-bond donors (Lipinski definition) is 1. The summed E-state index contributed by atoms with van der Waals surface area (Å²) in [4.78, 5) is 26.1. The van der Waals surface area contributed by atoms with Crippen LogP contribution in [0.15, 0.2) is 35.3 Å². The van der Waals surface area contributed by atoms with Gasteiger partial charge in [-0.15, -0.1) is 24.0 Å². The van der Waals surface area contributed by atoms with Gasteiger partial charge >= 0.3 is 0 Å². The third kappa shape index (κ3) is 7.24. The number of carbonyl (C=O) groups is 1. The van der Waals surface area contributed by atoms with Gasteiger partial charge in [0.25, 0.3) is 0 Å². The molecule has 174 valence electrons. The van der Waals surface area contributed by atoms with E-state index < -0.39 is 0 Å². The van der Waals surface area contributed by atoms with Crippen LogP contribution in [-0.2, 0) is 4.79 Å². The average molecular weight is 543 g/mol. The predicted molar refractivity (Wildman–Crippen MR) is 140 cm³/mol. The van der Waals surface area contributed by atoms with Gasteiger partial charge in [-0.1, -0.05) is 18.2 Å². The summed E-state index contributed by atoms with van der Waals surface area (Å²) >= 11 is 0. The van der Waals surface area contributed by atoms with Crippen LogP contribution in [0.3, 0.4) is 0 Å². The Labute approximate surface area is 204 Å². The number of anilines is 1. The maximum absolute atomic E-state index is 12.7. The fraction of sp³-hybridized carbons (Fsp3) is 0.652. The quantitative estimate of drug-likeness (QED) is 0.248. The van der Waals surface area contributed by atoms with E-state index in [-0.39, 0.29) is 30.0 Å². The third-order valence-electron chi connectivity index (χ3n) is 6.30. The first-order chi connectivity index (χ1) is 14.6. The number of halogens is 1. The van der Waals surface area contributed by atoms with Gasteiger partial charge in [-0.25, -0.2) is 0 Å². The summed E-state index contributed by atoms with van der Waals surface area (Å²) < 4.78 is 0. The summed E-state index contributed by atoms with van der Waals surface area (Å²) in [6.45, 7) is 9.43. The zero-order chi connectivity index (χ0) is 21.3. The summed E-state index contributed by atoms with van der Waals surface area (Å²) in [5.41, 5.74) is 1.25. The highest BCUT2D eigenvalue weighted by Crippen LogP contribution is 2.14. The highest BCUT2D eigenvalue weighted by molar-refractivity contribution is 14.0. The lowest BCUT2D eigenvalue weighted by Gasteiger charge is -2.39. The second-order valence-electron chi connectivity index (χ2n) is 8.32. The number of guanidine groups is 1. The van der Waals surface area contributed by atoms with E-state index in [1.54, 1.807) is 0 Å². The van der Waals surface area contributed by atoms with Gasteiger partial charge < -0.3 is 20.0 Å². The number of amides is 1. The zero-order valence-corrected chi connectivity index (χ0v) is 21.6. The van der Waals surface area contributed by atoms with E-state index in [1.165, 1.54) is 5.69 Å². The molecule has 0 bridgehead atoms. The SMILES string of the molecule is CN=C(NCCCN(C)c1ccccc1)N1CCN(C(C)C(=O)N2CCCC2)CC1.I. The Balaban J connectivity index is 0.00000341. The van der Waals surface area contributed by atoms with Crippen LogP contribution >= 0.6 is 24.0 Å². The van der Waals surface area contributed by atoms with Crippen molar-refractivity contribution in [2.75, 3.05) is 71.4 Å². The molecule has 0 saturated carbocycles. The Bertz CT molecular complexity index is 687. The van der Waals surface area contributed by atoms with Crippen LogP contribution in [0, 0.1) is 0 Å². The van der Waals surface area contributed by atoms with Crippen molar-refractivity contribution in [2.24, 2.45) is 4.99 Å². The van der Waals surface area contributed by atoms with Crippen LogP contribution in [0.1, 0.15) is 26.2 Å². The number of hydrogen-bond acceptors (Lipinski definition) is 4. The molecule has 2 saturated heterocycles. The van der Waals surface area contributed by atoms with Crippen LogP contribution in [0.2, 0.25) is 0 Å². The molecule has 1 aromatic carbocycles. The maximum Gasteiger partial charge on any atom is 0.239 e. The normalized spacial score (nSPS) is 18.5. The van der Waals surface area contributed by atoms with Gasteiger partial charge in [0.15, 0.2) is 5.96 Å². The highest BCUT2D eigenvalue weighted by Gasteiger charge is 2.30. The standard InChI is InChI=1S/C23H38N6O.HI/c1-20(22(30)28-14-7-8-15-28)27-16-18-29(19-17-27)23(24-2)25-12-9-13-26(3)21-10-5-4-6-11-21;/h4-6,10-11,20H,7-9,12-19H2,1-3H3,(H,24,25);1H. The molecule has 1 atom stereocenters. The molecule has 1 aromatic rings. The summed E-state index contributed by atoms with van der Waals surface area (Å²) in [5, 5.41) is 3.51. The molecular formula is C23H39IN6O. The second-order valence-corrected chi connectivity index (χ2v) is 8.32. The van der Waals surface area contributed by atoms with Gasteiger partial charge in [-0.2, -0.15) is 0 Å². The van der Waals surface area contributed by atoms with E-state index in [1.807, 2.05) is 18.0 Å². The lowest BCUT2D eigenvalue weighted by molar-refractivity contribution is -0.135. The molecule has 2 aliphatic heterocycles. The van der Waals surface area contributed by atoms with Gasteiger partial charge in [0, 0.05) is 72.1 Å². The first-order valence-electron chi connectivity index (χ1n) is 11.3. The largest absolute Gasteiger partial charge is 0.375 e. The van der Waals surface area contributed by atoms with Gasteiger partial charge in [0.2, 0.25) is 5.91 Å². The number of carbonyl (C=O) groups excluding carboxylic acids is 1. The second kappa shape index (κ2) is 13.1. The summed E-state index contributed by atoms with van der Waals surface area (Å²) in [6, 6.07) is 10.5. The van der Waals surface area contributed by atoms with Crippen molar-refractivity contribution < 1.29 is 4.79 Å². The first kappa shape index (κ1) is 25.7. The van der Waals surface area contributed by atoms with E-state index in [2.05, 4.69) is 63.2 Å². The van der Waals surface area contributed by atoms with E-state index in [0.717, 1.165) is 77.6 Å². The van der Waals surface area contributed by atoms with Crippen LogP contribution in [-0.4, -0.2) is 99.1 Å². The lowest BCUT2D eigenvalue weighted by atomic mass is 10.2. The van der Waals surface area contributed by atoms with Crippen LogP contribution in [0.25, 0.3) is 0 Å². The van der Waals surface area contributed by atoms with Crippen molar-refractivity contribution in [3.05, 3.63) is 30.3 Å². The molecule has 0 spiro atoms. The number of nitrogens with zero attached hydrogens (tertiary/aromatic N) is 5. The van der Waals surface area contributed by atoms with Gasteiger partial charge in [0.1, 0.15) is 0 Å². The highest BCUT2D eigenvalue weighted by atomic mass is 127. The summed E-state index contributed by atoms with van der Waals surface area (Å²) in [5.74, 6) is 1.27. The van der Waals surface area contributed by atoms with Gasteiger partial charge in [-0.05, 0) is 38.3 Å². The Morgan fingerprint density at radius 1 is 1.06 bits per heavy atom. The fourth-order valence-electron chi connectivity index (χ4n) is 4.34. The smallest absolute Gasteiger partial charge is 0.239 e. The number of aliphatic imine (C=N–C) groups is 1. The monoisotopic (exact) mass is 542 g/mol. The van der Waals surface area contributed by atoms with Crippen molar-refractivity contribution in [3.8, 4) is 0 Å². The number of likely N-dealkylation sites (tertiary alicyclic amines) is 1. The third-order valence-corrected chi connectivity index (χ3v) is 6.30. The predicted octanol–water partition coefficient (Wildman–Crippen LogP) is 2.33. The van der Waals surface area contributed by atoms with Crippen molar-refractivity contribution in [1.82, 2.24) is 20.0 Å². The molecule has 8 heteroatoms. The molecule has 1 N–H and O–H groups in total. The van der Waals surface area contributed by atoms with Crippen molar-refractivity contribution in [3.63, 3.8) is 0 Å². The van der Waals surface area contributed by atoms with Crippen LogP contribution < -0.4 is 10.2 Å². The molecular weight excluding hydrogens is 503 g/mol. The average Bonchev–Trinajstić information content (AvgIpc) is 3.34. The van der Waals surface area contributed by atoms with Crippen molar-refractivity contribution in [2.45, 2.75) is 32.2 Å². The number of nitrogens with one attached hydrogen (secondary N) is 1. The van der Waals surface area contributed by atoms with Crippen LogP contribution in [0.5, 0.6) is 0 Å². The molecule has 2 fully saturated rings. The first-order valence-corrected chi connectivity index (χ1v) is 11.3. The van der Waals surface area contributed by atoms with Gasteiger partial charge in [-0.3, -0.25) is 14.7 Å². The van der Waals surface area contributed by atoms with Crippen LogP contribution in [0.4, 0.5) is 5.69 Å². The lowest BCUT2D eigenvalue weighted by Crippen LogP contribution is -2.57. The number of benzene rings is 1. The Morgan fingerprint density at radius 2 is 1.71 bits per heavy atom. The molecule has 7 nitrogen and oxygen atoms in total. The van der Waals surface area contributed by atoms with E-state index in [0.29, 0.717) is 5.91 Å². The van der Waals surface area contributed by atoms with Crippen molar-refractivity contribution in [1.29, 1.82) is 0 Å². The molecule has 0 aliphatic carbocycles. The molecule has 2 aliphatic rings. The Morgan fingerprint density at radius 3 is 2.32 bits per heavy atom. The minimum atomic E-state index is -0.0197. The maximum atomic E-state index is 12.7. The molecule has 2 heterocycles. The fourth-order valence-corrected chi connectivity index (χ4v) is 4.34. The Hall–Kier alpha value is -1.55. The molecule has 1 unspecified atom stereocenters. The summed E-state index contributed by atoms with van der Waals surface area (Å²) in [6.07, 6.45) is 3.34. The molecule has 0 radical (unpaired) electrons. The number of para-hydroxylation sites is 1. The zero-order valence-electron chi connectivity index (χ0n) is 19.3. The molecule has 3 rings (SSSR count). The van der Waals surface area contributed by atoms with E-state index >= 15 is 0 Å². The van der Waals surface area contributed by atoms with Crippen molar-refractivity contribution >= 4 is 41.5 Å². The topological polar surface area (TPSA) is 54.4 Å². The molecule has 0 aromatic heterocycles. The minimum absolute atomic E-state index is 0. The molecule has 31 heavy (non-hydrogen) atoms. The van der Waals surface area contributed by atoms with Gasteiger partial charge in [0.05, 0.1) is 6.04 Å². The van der Waals surface area contributed by atoms with E-state index in [9.17, 15) is 4.79 Å². The minimum Gasteiger partial charge on any atom is -0.375 e. The van der Waals surface area contributed by atoms with E-state index in [4.69, 9.17) is 0 Å². The number of rotatable bonds is 7. The molecule has 1 amide bonds. The summed E-state index contributed by atoms with van der Waals surface area (Å²) in [7, 11) is 3.98. The number of piperazine rings is 1.